The zero-order valence-corrected chi connectivity index (χ0v) is 27.7. The lowest BCUT2D eigenvalue weighted by Gasteiger charge is -2.38. The summed E-state index contributed by atoms with van der Waals surface area (Å²) in [6, 6.07) is 13.1. The number of anilines is 1. The largest absolute Gasteiger partial charge is 0.497 e. The molecule has 0 N–H and O–H groups in total. The highest BCUT2D eigenvalue weighted by Crippen LogP contribution is 2.37. The topological polar surface area (TPSA) is 94.1 Å². The van der Waals surface area contributed by atoms with Crippen LogP contribution in [0.4, 0.5) is 22.7 Å². The van der Waals surface area contributed by atoms with Crippen molar-refractivity contribution in [1.29, 1.82) is 0 Å². The van der Waals surface area contributed by atoms with E-state index in [-0.39, 0.29) is 36.7 Å². The molecule has 1 saturated heterocycles. The fourth-order valence-corrected chi connectivity index (χ4v) is 7.91. The van der Waals surface area contributed by atoms with Crippen LogP contribution in [-0.4, -0.2) is 69.6 Å². The number of hydrogen-bond acceptors (Lipinski definition) is 9. The first-order valence-corrected chi connectivity index (χ1v) is 17.0. The molecular formula is C31H31ClF4N4O5S2. The molecule has 0 bridgehead atoms. The molecule has 0 radical (unpaired) electrons. The Hall–Kier alpha value is -3.66. The maximum absolute atomic E-state index is 15.6. The molecule has 0 amide bonds. The number of methoxy groups -OCH3 is 2. The van der Waals surface area contributed by atoms with Gasteiger partial charge in [-0.05, 0) is 48.7 Å². The van der Waals surface area contributed by atoms with Crippen molar-refractivity contribution in [3.05, 3.63) is 88.7 Å². The smallest absolute Gasteiger partial charge is 0.269 e. The molecule has 47 heavy (non-hydrogen) atoms. The number of nitrogens with zero attached hydrogens (tertiary/aromatic N) is 4. The standard InChI is InChI=1S/C31H31ClF4N4O5S2/c1-43-23-8-5-20(27(11-23)44-2)15-40(31-37-18-38-46-31)47(41,42)29-13-25(33)28(12-26(29)34)45-17-21-14-39(16-30(35)36)10-9-24(21)19-3-6-22(32)7-4-19/h3-8,11-13,18,21,24,30H,9-10,14-17H2,1-2H3. The first-order chi connectivity index (χ1) is 22.5. The van der Waals surface area contributed by atoms with Crippen LogP contribution in [0.5, 0.6) is 17.2 Å². The van der Waals surface area contributed by atoms with Crippen molar-refractivity contribution in [2.45, 2.75) is 30.2 Å². The molecule has 0 spiro atoms. The summed E-state index contributed by atoms with van der Waals surface area (Å²) in [5.41, 5.74) is 1.31. The number of benzene rings is 3. The van der Waals surface area contributed by atoms with E-state index in [4.69, 9.17) is 25.8 Å². The minimum absolute atomic E-state index is 0.0816. The molecule has 2 unspecified atom stereocenters. The molecule has 2 heterocycles. The normalized spacial score (nSPS) is 17.1. The minimum Gasteiger partial charge on any atom is -0.497 e. The Morgan fingerprint density at radius 3 is 2.47 bits per heavy atom. The third-order valence-corrected chi connectivity index (χ3v) is 10.7. The van der Waals surface area contributed by atoms with E-state index in [2.05, 4.69) is 9.36 Å². The van der Waals surface area contributed by atoms with Gasteiger partial charge in [0.1, 0.15) is 28.5 Å². The van der Waals surface area contributed by atoms with Crippen LogP contribution in [0.25, 0.3) is 0 Å². The average molecular weight is 715 g/mol. The second-order valence-corrected chi connectivity index (χ2v) is 13.8. The Balaban J connectivity index is 1.41. The van der Waals surface area contributed by atoms with Crippen LogP contribution in [0.15, 0.2) is 65.8 Å². The highest BCUT2D eigenvalue weighted by molar-refractivity contribution is 7.93. The van der Waals surface area contributed by atoms with Gasteiger partial charge in [0.25, 0.3) is 16.4 Å². The summed E-state index contributed by atoms with van der Waals surface area (Å²) in [6.07, 6.45) is -0.848. The summed E-state index contributed by atoms with van der Waals surface area (Å²) in [6.45, 7) is -0.236. The van der Waals surface area contributed by atoms with Gasteiger partial charge in [0.2, 0.25) is 5.13 Å². The Morgan fingerprint density at radius 2 is 1.81 bits per heavy atom. The summed E-state index contributed by atoms with van der Waals surface area (Å²) in [7, 11) is -1.88. The lowest BCUT2D eigenvalue weighted by Crippen LogP contribution is -2.43. The summed E-state index contributed by atoms with van der Waals surface area (Å²) in [4.78, 5) is 4.66. The van der Waals surface area contributed by atoms with Gasteiger partial charge in [-0.1, -0.05) is 23.7 Å². The van der Waals surface area contributed by atoms with Gasteiger partial charge < -0.3 is 14.2 Å². The van der Waals surface area contributed by atoms with Gasteiger partial charge in [0.05, 0.1) is 33.9 Å². The third kappa shape index (κ3) is 8.08. The SMILES string of the molecule is COc1ccc(CN(c2ncns2)S(=O)(=O)c2cc(F)c(OCC3CN(CC(F)F)CCC3c3ccc(Cl)cc3)cc2F)c(OC)c1. The summed E-state index contributed by atoms with van der Waals surface area (Å²) in [5.74, 6) is -2.60. The van der Waals surface area contributed by atoms with Crippen molar-refractivity contribution >= 4 is 38.3 Å². The fourth-order valence-electron chi connectivity index (χ4n) is 5.59. The molecule has 3 aromatic carbocycles. The number of rotatable bonds is 13. The molecule has 1 aromatic heterocycles. The van der Waals surface area contributed by atoms with Gasteiger partial charge in [-0.15, -0.1) is 0 Å². The molecule has 0 saturated carbocycles. The second-order valence-electron chi connectivity index (χ2n) is 10.8. The molecule has 1 fully saturated rings. The number of piperidine rings is 1. The van der Waals surface area contributed by atoms with Crippen molar-refractivity contribution in [3.8, 4) is 17.2 Å². The number of alkyl halides is 2. The van der Waals surface area contributed by atoms with Crippen LogP contribution in [0.2, 0.25) is 5.02 Å². The van der Waals surface area contributed by atoms with Crippen molar-refractivity contribution in [2.24, 2.45) is 5.92 Å². The number of likely N-dealkylation sites (tertiary alicyclic amines) is 1. The fraction of sp³-hybridized carbons (Fsp3) is 0.355. The van der Waals surface area contributed by atoms with Crippen LogP contribution in [-0.2, 0) is 16.6 Å². The van der Waals surface area contributed by atoms with Gasteiger partial charge in [-0.25, -0.2) is 35.3 Å². The van der Waals surface area contributed by atoms with E-state index in [1.54, 1.807) is 35.2 Å². The van der Waals surface area contributed by atoms with E-state index in [0.717, 1.165) is 27.7 Å². The van der Waals surface area contributed by atoms with Gasteiger partial charge >= 0.3 is 0 Å². The van der Waals surface area contributed by atoms with E-state index in [1.807, 2.05) is 12.1 Å². The number of sulfonamides is 1. The highest BCUT2D eigenvalue weighted by Gasteiger charge is 2.34. The summed E-state index contributed by atoms with van der Waals surface area (Å²) < 4.78 is 106. The molecular weight excluding hydrogens is 684 g/mol. The van der Waals surface area contributed by atoms with E-state index in [1.165, 1.54) is 14.2 Å². The van der Waals surface area contributed by atoms with E-state index >= 15 is 8.78 Å². The second kappa shape index (κ2) is 15.0. The molecule has 5 rings (SSSR count). The molecule has 252 valence electrons. The maximum Gasteiger partial charge on any atom is 0.269 e. The third-order valence-electron chi connectivity index (χ3n) is 7.89. The first kappa shape index (κ1) is 34.7. The lowest BCUT2D eigenvalue weighted by molar-refractivity contribution is 0.0466. The van der Waals surface area contributed by atoms with Gasteiger partial charge in [0, 0.05) is 52.8 Å². The van der Waals surface area contributed by atoms with Crippen molar-refractivity contribution in [3.63, 3.8) is 0 Å². The lowest BCUT2D eigenvalue weighted by atomic mass is 9.81. The van der Waals surface area contributed by atoms with Crippen LogP contribution >= 0.6 is 23.1 Å². The average Bonchev–Trinajstić information content (AvgIpc) is 3.58. The molecule has 1 aliphatic heterocycles. The number of hydrogen-bond donors (Lipinski definition) is 0. The minimum atomic E-state index is -4.74. The molecule has 0 aliphatic carbocycles. The summed E-state index contributed by atoms with van der Waals surface area (Å²) >= 11 is 6.80. The molecule has 1 aliphatic rings. The predicted molar refractivity (Wildman–Crippen MR) is 169 cm³/mol. The highest BCUT2D eigenvalue weighted by atomic mass is 35.5. The maximum atomic E-state index is 15.6. The van der Waals surface area contributed by atoms with Crippen LogP contribution in [0, 0.1) is 17.6 Å². The Labute approximate surface area is 278 Å². The quantitative estimate of drug-likeness (QED) is 0.143. The molecule has 9 nitrogen and oxygen atoms in total. The first-order valence-electron chi connectivity index (χ1n) is 14.4. The monoisotopic (exact) mass is 714 g/mol. The summed E-state index contributed by atoms with van der Waals surface area (Å²) in [5, 5.41) is 0.457. The van der Waals surface area contributed by atoms with Crippen LogP contribution in [0.1, 0.15) is 23.5 Å². The predicted octanol–water partition coefficient (Wildman–Crippen LogP) is 6.63. The number of ether oxygens (including phenoxy) is 3. The Morgan fingerprint density at radius 1 is 1.04 bits per heavy atom. The Bertz CT molecular complexity index is 1770. The van der Waals surface area contributed by atoms with Crippen molar-refractivity contribution in [1.82, 2.24) is 14.3 Å². The van der Waals surface area contributed by atoms with Gasteiger partial charge in [-0.2, -0.15) is 4.37 Å². The van der Waals surface area contributed by atoms with Gasteiger partial charge in [-0.3, -0.25) is 4.90 Å². The van der Waals surface area contributed by atoms with E-state index in [9.17, 15) is 17.2 Å². The number of halogens is 5. The number of aromatic nitrogens is 2. The Kier molecular flexibility index (Phi) is 11.1. The van der Waals surface area contributed by atoms with Crippen molar-refractivity contribution < 1.29 is 40.2 Å². The zero-order valence-electron chi connectivity index (χ0n) is 25.3. The van der Waals surface area contributed by atoms with E-state index in [0.29, 0.717) is 47.2 Å². The van der Waals surface area contributed by atoms with Crippen molar-refractivity contribution in [2.75, 3.05) is 44.8 Å². The molecule has 2 atom stereocenters. The molecule has 16 heteroatoms. The van der Waals surface area contributed by atoms with Crippen LogP contribution in [0.3, 0.4) is 0 Å². The van der Waals surface area contributed by atoms with E-state index < -0.39 is 45.3 Å². The zero-order chi connectivity index (χ0) is 33.7. The molecule has 4 aromatic rings. The van der Waals surface area contributed by atoms with Crippen LogP contribution < -0.4 is 18.5 Å². The van der Waals surface area contributed by atoms with Gasteiger partial charge in [0.15, 0.2) is 11.6 Å².